The third kappa shape index (κ3) is 5.20. The molecule has 0 saturated carbocycles. The predicted molar refractivity (Wildman–Crippen MR) is 108 cm³/mol. The summed E-state index contributed by atoms with van der Waals surface area (Å²) in [6, 6.07) is 18.7. The number of nitrogens with zero attached hydrogens (tertiary/aromatic N) is 2. The topological polar surface area (TPSA) is 85.4 Å². The van der Waals surface area contributed by atoms with Crippen LogP contribution in [-0.4, -0.2) is 30.3 Å². The summed E-state index contributed by atoms with van der Waals surface area (Å²) in [5, 5.41) is 14.1. The Morgan fingerprint density at radius 1 is 0.857 bits per heavy atom. The number of carbonyl (C=O) groups excluding carboxylic acids is 1. The first kappa shape index (κ1) is 19.2. The lowest BCUT2D eigenvalue weighted by Gasteiger charge is -2.10. The monoisotopic (exact) mass is 378 g/mol. The van der Waals surface area contributed by atoms with Crippen LogP contribution < -0.4 is 20.1 Å². The lowest BCUT2D eigenvalue weighted by atomic mass is 10.1. The molecule has 0 aliphatic carbocycles. The van der Waals surface area contributed by atoms with Gasteiger partial charge in [-0.15, -0.1) is 10.2 Å². The van der Waals surface area contributed by atoms with E-state index >= 15 is 0 Å². The summed E-state index contributed by atoms with van der Waals surface area (Å²) in [5.41, 5.74) is 1.96. The molecular weight excluding hydrogens is 356 g/mol. The number of ether oxygens (including phenoxy) is 2. The van der Waals surface area contributed by atoms with Crippen molar-refractivity contribution >= 4 is 17.5 Å². The van der Waals surface area contributed by atoms with Crippen molar-refractivity contribution in [3.05, 3.63) is 71.8 Å². The van der Waals surface area contributed by atoms with E-state index in [1.165, 1.54) is 0 Å². The minimum absolute atomic E-state index is 0.133. The van der Waals surface area contributed by atoms with Gasteiger partial charge in [0.2, 0.25) is 5.91 Å². The van der Waals surface area contributed by atoms with Gasteiger partial charge in [-0.05, 0) is 35.4 Å². The first-order valence-corrected chi connectivity index (χ1v) is 8.80. The molecule has 28 heavy (non-hydrogen) atoms. The molecule has 1 heterocycles. The van der Waals surface area contributed by atoms with E-state index in [1.54, 1.807) is 26.4 Å². The summed E-state index contributed by atoms with van der Waals surface area (Å²) in [4.78, 5) is 12.1. The van der Waals surface area contributed by atoms with Crippen LogP contribution in [0.2, 0.25) is 0 Å². The number of nitrogens with one attached hydrogen (secondary N) is 2. The Bertz CT molecular complexity index is 915. The molecule has 7 heteroatoms. The van der Waals surface area contributed by atoms with Gasteiger partial charge < -0.3 is 20.1 Å². The van der Waals surface area contributed by atoms with E-state index < -0.39 is 0 Å². The van der Waals surface area contributed by atoms with Crippen LogP contribution >= 0.6 is 0 Å². The number of amides is 1. The van der Waals surface area contributed by atoms with Crippen LogP contribution in [0.1, 0.15) is 11.1 Å². The minimum atomic E-state index is -0.133. The van der Waals surface area contributed by atoms with E-state index in [1.807, 2.05) is 48.5 Å². The number of rotatable bonds is 8. The number of hydrogen-bond donors (Lipinski definition) is 2. The fourth-order valence-electron chi connectivity index (χ4n) is 2.64. The molecule has 7 nitrogen and oxygen atoms in total. The zero-order valence-corrected chi connectivity index (χ0v) is 15.8. The van der Waals surface area contributed by atoms with Gasteiger partial charge in [-0.2, -0.15) is 0 Å². The van der Waals surface area contributed by atoms with Crippen LogP contribution in [0.3, 0.4) is 0 Å². The van der Waals surface area contributed by atoms with Crippen LogP contribution in [0.4, 0.5) is 11.6 Å². The van der Waals surface area contributed by atoms with E-state index in [-0.39, 0.29) is 5.91 Å². The van der Waals surface area contributed by atoms with Crippen LogP contribution in [-0.2, 0) is 17.8 Å². The van der Waals surface area contributed by atoms with Crippen molar-refractivity contribution < 1.29 is 14.3 Å². The van der Waals surface area contributed by atoms with Gasteiger partial charge >= 0.3 is 0 Å². The molecule has 144 valence electrons. The number of methoxy groups -OCH3 is 2. The number of benzene rings is 2. The van der Waals surface area contributed by atoms with Gasteiger partial charge in [-0.1, -0.05) is 36.4 Å². The second-order valence-corrected chi connectivity index (χ2v) is 6.06. The van der Waals surface area contributed by atoms with Crippen molar-refractivity contribution in [3.8, 4) is 11.5 Å². The van der Waals surface area contributed by atoms with E-state index in [9.17, 15) is 4.79 Å². The lowest BCUT2D eigenvalue weighted by Crippen LogP contribution is -2.15. The fourth-order valence-corrected chi connectivity index (χ4v) is 2.64. The molecule has 0 radical (unpaired) electrons. The third-order valence-corrected chi connectivity index (χ3v) is 4.06. The van der Waals surface area contributed by atoms with Gasteiger partial charge in [0.05, 0.1) is 20.6 Å². The maximum Gasteiger partial charge on any atom is 0.229 e. The lowest BCUT2D eigenvalue weighted by molar-refractivity contribution is -0.115. The first-order chi connectivity index (χ1) is 13.7. The second-order valence-electron chi connectivity index (χ2n) is 6.06. The Hall–Kier alpha value is -3.61. The van der Waals surface area contributed by atoms with Crippen LogP contribution in [0.15, 0.2) is 60.7 Å². The molecular formula is C21H22N4O3. The summed E-state index contributed by atoms with van der Waals surface area (Å²) >= 11 is 0. The van der Waals surface area contributed by atoms with Crippen molar-refractivity contribution in [2.24, 2.45) is 0 Å². The highest BCUT2D eigenvalue weighted by molar-refractivity contribution is 5.91. The molecule has 3 rings (SSSR count). The Balaban J connectivity index is 1.54. The fraction of sp³-hybridized carbons (Fsp3) is 0.190. The summed E-state index contributed by atoms with van der Waals surface area (Å²) in [5.74, 6) is 2.24. The highest BCUT2D eigenvalue weighted by atomic mass is 16.5. The quantitative estimate of drug-likeness (QED) is 0.626. The van der Waals surface area contributed by atoms with Crippen molar-refractivity contribution in [2.45, 2.75) is 13.0 Å². The van der Waals surface area contributed by atoms with Crippen molar-refractivity contribution in [3.63, 3.8) is 0 Å². The molecule has 3 aromatic rings. The smallest absolute Gasteiger partial charge is 0.229 e. The molecule has 1 aromatic heterocycles. The maximum atomic E-state index is 12.1. The summed E-state index contributed by atoms with van der Waals surface area (Å²) < 4.78 is 10.5. The molecule has 2 N–H and O–H groups in total. The second kappa shape index (κ2) is 9.36. The standard InChI is InChI=1S/C21H22N4O3/c1-27-17-9-8-16(12-18(17)28-2)14-22-19-10-11-20(25-24-19)23-21(26)13-15-6-4-3-5-7-15/h3-12H,13-14H2,1-2H3,(H,22,24)(H,23,25,26). The SMILES string of the molecule is COc1ccc(CNc2ccc(NC(=O)Cc3ccccc3)nn2)cc1OC. The van der Waals surface area contributed by atoms with Crippen molar-refractivity contribution in [1.82, 2.24) is 10.2 Å². The van der Waals surface area contributed by atoms with Crippen LogP contribution in [0, 0.1) is 0 Å². The van der Waals surface area contributed by atoms with Crippen molar-refractivity contribution in [2.75, 3.05) is 24.9 Å². The van der Waals surface area contributed by atoms with Gasteiger partial charge in [-0.3, -0.25) is 4.79 Å². The Labute approximate surface area is 163 Å². The Morgan fingerprint density at radius 3 is 2.25 bits per heavy atom. The average molecular weight is 378 g/mol. The molecule has 0 aliphatic heterocycles. The van der Waals surface area contributed by atoms with Crippen LogP contribution in [0.5, 0.6) is 11.5 Å². The molecule has 1 amide bonds. The largest absolute Gasteiger partial charge is 0.493 e. The summed E-state index contributed by atoms with van der Waals surface area (Å²) in [7, 11) is 3.21. The third-order valence-electron chi connectivity index (χ3n) is 4.06. The highest BCUT2D eigenvalue weighted by Crippen LogP contribution is 2.27. The molecule has 0 unspecified atom stereocenters. The molecule has 0 atom stereocenters. The van der Waals surface area contributed by atoms with E-state index in [4.69, 9.17) is 9.47 Å². The Kier molecular flexibility index (Phi) is 6.41. The minimum Gasteiger partial charge on any atom is -0.493 e. The highest BCUT2D eigenvalue weighted by Gasteiger charge is 2.07. The molecule has 2 aromatic carbocycles. The van der Waals surface area contributed by atoms with Gasteiger partial charge in [0.25, 0.3) is 0 Å². The number of anilines is 2. The summed E-state index contributed by atoms with van der Waals surface area (Å²) in [6.45, 7) is 0.550. The van der Waals surface area contributed by atoms with Gasteiger partial charge in [0, 0.05) is 6.54 Å². The normalized spacial score (nSPS) is 10.2. The number of hydrogen-bond acceptors (Lipinski definition) is 6. The number of carbonyl (C=O) groups is 1. The van der Waals surface area contributed by atoms with E-state index in [2.05, 4.69) is 20.8 Å². The molecule has 0 fully saturated rings. The first-order valence-electron chi connectivity index (χ1n) is 8.80. The molecule has 0 bridgehead atoms. The summed E-state index contributed by atoms with van der Waals surface area (Å²) in [6.07, 6.45) is 0.293. The number of aromatic nitrogens is 2. The predicted octanol–water partition coefficient (Wildman–Crippen LogP) is 3.29. The molecule has 0 spiro atoms. The molecule has 0 aliphatic rings. The average Bonchev–Trinajstić information content (AvgIpc) is 2.73. The zero-order chi connectivity index (χ0) is 19.8. The molecule has 0 saturated heterocycles. The maximum absolute atomic E-state index is 12.1. The Morgan fingerprint density at radius 2 is 1.57 bits per heavy atom. The zero-order valence-electron chi connectivity index (χ0n) is 15.8. The van der Waals surface area contributed by atoms with Gasteiger partial charge in [0.15, 0.2) is 17.3 Å². The van der Waals surface area contributed by atoms with E-state index in [0.717, 1.165) is 11.1 Å². The van der Waals surface area contributed by atoms with Gasteiger partial charge in [0.1, 0.15) is 5.82 Å². The van der Waals surface area contributed by atoms with Gasteiger partial charge in [-0.25, -0.2) is 0 Å². The van der Waals surface area contributed by atoms with Crippen molar-refractivity contribution in [1.29, 1.82) is 0 Å². The van der Waals surface area contributed by atoms with E-state index in [0.29, 0.717) is 36.1 Å². The van der Waals surface area contributed by atoms with Crippen LogP contribution in [0.25, 0.3) is 0 Å².